The van der Waals surface area contributed by atoms with Crippen molar-refractivity contribution >= 4 is 10.9 Å². The lowest BCUT2D eigenvalue weighted by Crippen LogP contribution is -2.25. The van der Waals surface area contributed by atoms with E-state index in [1.165, 1.54) is 0 Å². The molecule has 3 aromatic rings. The normalized spacial score (nSPS) is 12.3. The van der Waals surface area contributed by atoms with Gasteiger partial charge < -0.3 is 4.74 Å². The lowest BCUT2D eigenvalue weighted by molar-refractivity contribution is 0.418. The van der Waals surface area contributed by atoms with Gasteiger partial charge in [-0.25, -0.2) is 4.98 Å². The number of aromatic nitrogens is 3. The fraction of sp³-hybridized carbons (Fsp3) is 0.235. The van der Waals surface area contributed by atoms with Crippen LogP contribution in [0.5, 0.6) is 5.75 Å². The molecule has 0 amide bonds. The third-order valence-electron chi connectivity index (χ3n) is 3.75. The summed E-state index contributed by atoms with van der Waals surface area (Å²) in [4.78, 5) is 21.1. The second-order valence-electron chi connectivity index (χ2n) is 5.22. The summed E-state index contributed by atoms with van der Waals surface area (Å²) in [5.41, 5.74) is 1.69. The maximum absolute atomic E-state index is 12.7. The van der Waals surface area contributed by atoms with Gasteiger partial charge in [-0.2, -0.15) is 0 Å². The molecular weight excluding hydrogens is 278 g/mol. The van der Waals surface area contributed by atoms with Crippen molar-refractivity contribution in [3.8, 4) is 5.75 Å². The topological polar surface area (TPSA) is 57.0 Å². The lowest BCUT2D eigenvalue weighted by Gasteiger charge is -2.15. The Kier molecular flexibility index (Phi) is 3.87. The van der Waals surface area contributed by atoms with Crippen LogP contribution >= 0.6 is 0 Å². The molecule has 5 nitrogen and oxygen atoms in total. The number of hydrogen-bond donors (Lipinski definition) is 0. The van der Waals surface area contributed by atoms with Gasteiger partial charge in [-0.3, -0.25) is 14.3 Å². The minimum Gasteiger partial charge on any atom is -0.494 e. The first kappa shape index (κ1) is 14.3. The van der Waals surface area contributed by atoms with Crippen molar-refractivity contribution in [3.05, 3.63) is 65.0 Å². The molecule has 22 heavy (non-hydrogen) atoms. The molecule has 1 aromatic carbocycles. The molecule has 0 aliphatic heterocycles. The minimum atomic E-state index is -0.0505. The summed E-state index contributed by atoms with van der Waals surface area (Å²) < 4.78 is 6.93. The number of ether oxygens (including phenoxy) is 1. The summed E-state index contributed by atoms with van der Waals surface area (Å²) in [5, 5.41) is 0.573. The van der Waals surface area contributed by atoms with Crippen LogP contribution in [-0.2, 0) is 6.42 Å². The number of nitrogens with zero attached hydrogens (tertiary/aromatic N) is 3. The molecule has 3 rings (SSSR count). The zero-order chi connectivity index (χ0) is 15.5. The van der Waals surface area contributed by atoms with E-state index in [0.29, 0.717) is 16.7 Å². The monoisotopic (exact) mass is 295 g/mol. The first-order chi connectivity index (χ1) is 10.7. The Labute approximate surface area is 128 Å². The van der Waals surface area contributed by atoms with E-state index in [4.69, 9.17) is 4.74 Å². The summed E-state index contributed by atoms with van der Waals surface area (Å²) in [6, 6.07) is 9.32. The zero-order valence-electron chi connectivity index (χ0n) is 12.6. The van der Waals surface area contributed by atoms with E-state index in [1.807, 2.05) is 25.1 Å². The summed E-state index contributed by atoms with van der Waals surface area (Å²) >= 11 is 0. The Morgan fingerprint density at radius 3 is 2.73 bits per heavy atom. The molecule has 0 saturated heterocycles. The highest BCUT2D eigenvalue weighted by Gasteiger charge is 2.12. The number of benzene rings is 1. The minimum absolute atomic E-state index is 0.0120. The van der Waals surface area contributed by atoms with E-state index in [2.05, 4.69) is 9.97 Å². The quantitative estimate of drug-likeness (QED) is 0.742. The molecule has 2 aromatic heterocycles. The highest BCUT2D eigenvalue weighted by molar-refractivity contribution is 5.83. The fourth-order valence-corrected chi connectivity index (χ4v) is 2.58. The molecule has 2 heterocycles. The number of hydrogen-bond acceptors (Lipinski definition) is 4. The van der Waals surface area contributed by atoms with Crippen molar-refractivity contribution in [3.63, 3.8) is 0 Å². The number of methoxy groups -OCH3 is 1. The van der Waals surface area contributed by atoms with Gasteiger partial charge in [0.25, 0.3) is 5.56 Å². The van der Waals surface area contributed by atoms with Crippen LogP contribution in [0.3, 0.4) is 0 Å². The van der Waals surface area contributed by atoms with E-state index < -0.39 is 0 Å². The molecule has 5 heteroatoms. The van der Waals surface area contributed by atoms with Crippen LogP contribution < -0.4 is 10.3 Å². The second kappa shape index (κ2) is 5.97. The molecule has 0 aliphatic rings. The van der Waals surface area contributed by atoms with Crippen LogP contribution in [0.1, 0.15) is 18.5 Å². The Bertz CT molecular complexity index is 843. The summed E-state index contributed by atoms with van der Waals surface area (Å²) in [5.74, 6) is 0.614. The molecule has 0 radical (unpaired) electrons. The lowest BCUT2D eigenvalue weighted by atomic mass is 10.1. The predicted octanol–water partition coefficient (Wildman–Crippen LogP) is 2.60. The Morgan fingerprint density at radius 2 is 2.00 bits per heavy atom. The highest BCUT2D eigenvalue weighted by Crippen LogP contribution is 2.21. The van der Waals surface area contributed by atoms with E-state index in [1.54, 1.807) is 42.5 Å². The summed E-state index contributed by atoms with van der Waals surface area (Å²) in [6.45, 7) is 2.01. The van der Waals surface area contributed by atoms with Gasteiger partial charge in [0.2, 0.25) is 0 Å². The molecule has 0 fully saturated rings. The Morgan fingerprint density at radius 1 is 1.23 bits per heavy atom. The third kappa shape index (κ3) is 2.57. The SMILES string of the molecule is COc1cccc2c(=O)n(C(C)Cc3ccncc3)cnc12. The number of fused-ring (bicyclic) bond motifs is 1. The Balaban J connectivity index is 2.01. The van der Waals surface area contributed by atoms with E-state index in [9.17, 15) is 4.79 Å². The summed E-state index contributed by atoms with van der Waals surface area (Å²) in [6.07, 6.45) is 5.86. The first-order valence-corrected chi connectivity index (χ1v) is 7.13. The predicted molar refractivity (Wildman–Crippen MR) is 85.2 cm³/mol. The molecule has 1 atom stereocenters. The number of para-hydroxylation sites is 1. The maximum Gasteiger partial charge on any atom is 0.261 e. The van der Waals surface area contributed by atoms with E-state index >= 15 is 0 Å². The van der Waals surface area contributed by atoms with Crippen molar-refractivity contribution in [2.24, 2.45) is 0 Å². The number of pyridine rings is 1. The van der Waals surface area contributed by atoms with Crippen molar-refractivity contribution in [2.45, 2.75) is 19.4 Å². The average molecular weight is 295 g/mol. The highest BCUT2D eigenvalue weighted by atomic mass is 16.5. The van der Waals surface area contributed by atoms with Gasteiger partial charge >= 0.3 is 0 Å². The van der Waals surface area contributed by atoms with E-state index in [-0.39, 0.29) is 11.6 Å². The maximum atomic E-state index is 12.7. The third-order valence-corrected chi connectivity index (χ3v) is 3.75. The molecule has 112 valence electrons. The average Bonchev–Trinajstić information content (AvgIpc) is 2.55. The molecule has 1 unspecified atom stereocenters. The first-order valence-electron chi connectivity index (χ1n) is 7.13. The molecule has 0 spiro atoms. The zero-order valence-corrected chi connectivity index (χ0v) is 12.6. The van der Waals surface area contributed by atoms with Crippen LogP contribution in [-0.4, -0.2) is 21.6 Å². The molecule has 0 aliphatic carbocycles. The van der Waals surface area contributed by atoms with Gasteiger partial charge in [0.15, 0.2) is 0 Å². The van der Waals surface area contributed by atoms with E-state index in [0.717, 1.165) is 12.0 Å². The van der Waals surface area contributed by atoms with Crippen molar-refractivity contribution < 1.29 is 4.74 Å². The Hall–Kier alpha value is -2.69. The van der Waals surface area contributed by atoms with Crippen molar-refractivity contribution in [1.82, 2.24) is 14.5 Å². The van der Waals surface area contributed by atoms with Crippen molar-refractivity contribution in [2.75, 3.05) is 7.11 Å². The molecular formula is C17H17N3O2. The van der Waals surface area contributed by atoms with Gasteiger partial charge in [0, 0.05) is 18.4 Å². The second-order valence-corrected chi connectivity index (χ2v) is 5.22. The van der Waals surface area contributed by atoms with Crippen molar-refractivity contribution in [1.29, 1.82) is 0 Å². The van der Waals surface area contributed by atoms with Crippen LogP contribution in [0.25, 0.3) is 10.9 Å². The number of rotatable bonds is 4. The van der Waals surface area contributed by atoms with Gasteiger partial charge in [-0.05, 0) is 43.2 Å². The van der Waals surface area contributed by atoms with Gasteiger partial charge in [-0.1, -0.05) is 6.07 Å². The molecule has 0 bridgehead atoms. The van der Waals surface area contributed by atoms with Gasteiger partial charge in [0.05, 0.1) is 18.8 Å². The largest absolute Gasteiger partial charge is 0.494 e. The fourth-order valence-electron chi connectivity index (χ4n) is 2.58. The molecule has 0 N–H and O–H groups in total. The summed E-state index contributed by atoms with van der Waals surface area (Å²) in [7, 11) is 1.58. The van der Waals surface area contributed by atoms with Crippen LogP contribution in [0.2, 0.25) is 0 Å². The van der Waals surface area contributed by atoms with Crippen LogP contribution in [0.15, 0.2) is 53.8 Å². The smallest absolute Gasteiger partial charge is 0.261 e. The van der Waals surface area contributed by atoms with Crippen LogP contribution in [0.4, 0.5) is 0 Å². The van der Waals surface area contributed by atoms with Crippen LogP contribution in [0, 0.1) is 0 Å². The van der Waals surface area contributed by atoms with Gasteiger partial charge in [0.1, 0.15) is 11.3 Å². The molecule has 0 saturated carbocycles. The van der Waals surface area contributed by atoms with Gasteiger partial charge in [-0.15, -0.1) is 0 Å². The standard InChI is InChI=1S/C17H17N3O2/c1-12(10-13-6-8-18-9-7-13)20-11-19-16-14(17(20)21)4-3-5-15(16)22-2/h3-9,11-12H,10H2,1-2H3.